The molecular formula is C10H10BrN3O. The molecule has 1 N–H and O–H groups in total. The summed E-state index contributed by atoms with van der Waals surface area (Å²) in [5, 5.41) is 11.2. The smallest absolute Gasteiger partial charge is 0.251 e. The van der Waals surface area contributed by atoms with E-state index in [2.05, 4.69) is 26.2 Å². The minimum atomic E-state index is -0.194. The molecule has 0 aliphatic carbocycles. The Balaban J connectivity index is 2.59. The maximum Gasteiger partial charge on any atom is 0.251 e. The summed E-state index contributed by atoms with van der Waals surface area (Å²) in [6.07, 6.45) is 1.55. The highest BCUT2D eigenvalue weighted by Gasteiger charge is 2.07. The van der Waals surface area contributed by atoms with Crippen LogP contribution in [-0.4, -0.2) is 17.4 Å². The molecule has 5 heteroatoms. The van der Waals surface area contributed by atoms with Crippen molar-refractivity contribution in [2.45, 2.75) is 6.92 Å². The molecule has 0 fully saturated rings. The summed E-state index contributed by atoms with van der Waals surface area (Å²) in [6.45, 7) is 2.11. The SMILES string of the molecule is CC(C#N)CNC(=O)c1ccnc(Br)c1. The lowest BCUT2D eigenvalue weighted by atomic mass is 10.2. The van der Waals surface area contributed by atoms with Crippen molar-refractivity contribution in [3.05, 3.63) is 28.5 Å². The molecule has 78 valence electrons. The van der Waals surface area contributed by atoms with Gasteiger partial charge in [-0.05, 0) is 35.0 Å². The summed E-state index contributed by atoms with van der Waals surface area (Å²) in [6, 6.07) is 5.30. The van der Waals surface area contributed by atoms with Crippen molar-refractivity contribution in [1.29, 1.82) is 5.26 Å². The fraction of sp³-hybridized carbons (Fsp3) is 0.300. The number of amides is 1. The van der Waals surface area contributed by atoms with Crippen molar-refractivity contribution in [1.82, 2.24) is 10.3 Å². The maximum absolute atomic E-state index is 11.5. The fourth-order valence-corrected chi connectivity index (χ4v) is 1.30. The van der Waals surface area contributed by atoms with Crippen LogP contribution in [0.4, 0.5) is 0 Å². The lowest BCUT2D eigenvalue weighted by Gasteiger charge is -2.05. The summed E-state index contributed by atoms with van der Waals surface area (Å²) < 4.78 is 0.614. The van der Waals surface area contributed by atoms with Crippen LogP contribution in [0.2, 0.25) is 0 Å². The Labute approximate surface area is 96.4 Å². The van der Waals surface area contributed by atoms with Gasteiger partial charge in [0.1, 0.15) is 4.60 Å². The highest BCUT2D eigenvalue weighted by atomic mass is 79.9. The van der Waals surface area contributed by atoms with Gasteiger partial charge in [0.15, 0.2) is 0 Å². The van der Waals surface area contributed by atoms with Crippen molar-refractivity contribution in [3.63, 3.8) is 0 Å². The van der Waals surface area contributed by atoms with Gasteiger partial charge in [-0.25, -0.2) is 4.98 Å². The first kappa shape index (κ1) is 11.7. The number of hydrogen-bond donors (Lipinski definition) is 1. The minimum Gasteiger partial charge on any atom is -0.351 e. The molecule has 0 bridgehead atoms. The Morgan fingerprint density at radius 1 is 1.80 bits per heavy atom. The molecule has 0 aliphatic heterocycles. The van der Waals surface area contributed by atoms with Crippen LogP contribution in [0.15, 0.2) is 22.9 Å². The van der Waals surface area contributed by atoms with Crippen molar-refractivity contribution < 1.29 is 4.79 Å². The molecule has 1 rings (SSSR count). The van der Waals surface area contributed by atoms with E-state index in [-0.39, 0.29) is 11.8 Å². The van der Waals surface area contributed by atoms with E-state index in [0.717, 1.165) is 0 Å². The summed E-state index contributed by atoms with van der Waals surface area (Å²) in [5.74, 6) is -0.376. The fourth-order valence-electron chi connectivity index (χ4n) is 0.937. The predicted octanol–water partition coefficient (Wildman–Crippen LogP) is 1.73. The molecule has 15 heavy (non-hydrogen) atoms. The topological polar surface area (TPSA) is 65.8 Å². The number of nitriles is 1. The van der Waals surface area contributed by atoms with Crippen molar-refractivity contribution in [3.8, 4) is 6.07 Å². The van der Waals surface area contributed by atoms with Crippen molar-refractivity contribution in [2.75, 3.05) is 6.54 Å². The monoisotopic (exact) mass is 267 g/mol. The van der Waals surface area contributed by atoms with Crippen molar-refractivity contribution >= 4 is 21.8 Å². The van der Waals surface area contributed by atoms with Crippen LogP contribution < -0.4 is 5.32 Å². The molecule has 1 atom stereocenters. The van der Waals surface area contributed by atoms with Crippen molar-refractivity contribution in [2.24, 2.45) is 5.92 Å². The average molecular weight is 268 g/mol. The van der Waals surface area contributed by atoms with Crippen LogP contribution in [0.5, 0.6) is 0 Å². The summed E-state index contributed by atoms with van der Waals surface area (Å²) in [5.41, 5.74) is 0.530. The third-order valence-electron chi connectivity index (χ3n) is 1.78. The summed E-state index contributed by atoms with van der Waals surface area (Å²) in [7, 11) is 0. The van der Waals surface area contributed by atoms with Gasteiger partial charge in [0, 0.05) is 18.3 Å². The normalized spacial score (nSPS) is 11.5. The number of halogens is 1. The Kier molecular flexibility index (Phi) is 4.25. The molecule has 1 amide bonds. The zero-order chi connectivity index (χ0) is 11.3. The number of nitrogens with one attached hydrogen (secondary N) is 1. The third kappa shape index (κ3) is 3.68. The molecule has 1 heterocycles. The molecule has 0 saturated heterocycles. The van der Waals surface area contributed by atoms with Gasteiger partial charge in [0.2, 0.25) is 0 Å². The third-order valence-corrected chi connectivity index (χ3v) is 2.21. The lowest BCUT2D eigenvalue weighted by Crippen LogP contribution is -2.27. The van der Waals surface area contributed by atoms with Crippen LogP contribution in [0.3, 0.4) is 0 Å². The van der Waals surface area contributed by atoms with Crippen LogP contribution in [0.25, 0.3) is 0 Å². The molecular weight excluding hydrogens is 258 g/mol. The Morgan fingerprint density at radius 3 is 3.13 bits per heavy atom. The molecule has 4 nitrogen and oxygen atoms in total. The van der Waals surface area contributed by atoms with E-state index in [9.17, 15) is 4.79 Å². The summed E-state index contributed by atoms with van der Waals surface area (Å²) in [4.78, 5) is 15.5. The zero-order valence-electron chi connectivity index (χ0n) is 8.20. The second kappa shape index (κ2) is 5.47. The van der Waals surface area contributed by atoms with Gasteiger partial charge in [-0.1, -0.05) is 0 Å². The number of carbonyl (C=O) groups excluding carboxylic acids is 1. The Bertz CT molecular complexity index is 400. The predicted molar refractivity (Wildman–Crippen MR) is 59.0 cm³/mol. The molecule has 1 aromatic heterocycles. The second-order valence-electron chi connectivity index (χ2n) is 3.11. The highest BCUT2D eigenvalue weighted by molar-refractivity contribution is 9.10. The van der Waals surface area contributed by atoms with Gasteiger partial charge in [-0.15, -0.1) is 0 Å². The van der Waals surface area contributed by atoms with E-state index < -0.39 is 0 Å². The van der Waals surface area contributed by atoms with Gasteiger partial charge in [0.25, 0.3) is 5.91 Å². The molecule has 1 aromatic rings. The molecule has 0 saturated carbocycles. The average Bonchev–Trinajstić information content (AvgIpc) is 2.25. The van der Waals surface area contributed by atoms with Gasteiger partial charge in [0.05, 0.1) is 12.0 Å². The zero-order valence-corrected chi connectivity index (χ0v) is 9.78. The molecule has 0 radical (unpaired) electrons. The Hall–Kier alpha value is -1.41. The first-order chi connectivity index (χ1) is 7.13. The number of carbonyl (C=O) groups is 1. The van der Waals surface area contributed by atoms with Gasteiger partial charge < -0.3 is 5.32 Å². The largest absolute Gasteiger partial charge is 0.351 e. The lowest BCUT2D eigenvalue weighted by molar-refractivity contribution is 0.0950. The molecule has 1 unspecified atom stereocenters. The van der Waals surface area contributed by atoms with Gasteiger partial charge >= 0.3 is 0 Å². The highest BCUT2D eigenvalue weighted by Crippen LogP contribution is 2.07. The molecule has 0 aliphatic rings. The van der Waals surface area contributed by atoms with E-state index in [1.807, 2.05) is 6.07 Å². The van der Waals surface area contributed by atoms with Crippen LogP contribution >= 0.6 is 15.9 Å². The van der Waals surface area contributed by atoms with E-state index >= 15 is 0 Å². The molecule has 0 aromatic carbocycles. The first-order valence-corrected chi connectivity index (χ1v) is 5.22. The second-order valence-corrected chi connectivity index (χ2v) is 3.92. The standard InChI is InChI=1S/C10H10BrN3O/c1-7(5-12)6-14-10(15)8-2-3-13-9(11)4-8/h2-4,7H,6H2,1H3,(H,14,15). The quantitative estimate of drug-likeness (QED) is 0.849. The van der Waals surface area contributed by atoms with Crippen LogP contribution in [0.1, 0.15) is 17.3 Å². The van der Waals surface area contributed by atoms with Crippen LogP contribution in [-0.2, 0) is 0 Å². The van der Waals surface area contributed by atoms with E-state index in [0.29, 0.717) is 16.7 Å². The van der Waals surface area contributed by atoms with E-state index in [4.69, 9.17) is 5.26 Å². The number of nitrogens with zero attached hydrogens (tertiary/aromatic N) is 2. The van der Waals surface area contributed by atoms with Gasteiger partial charge in [-0.3, -0.25) is 4.79 Å². The minimum absolute atomic E-state index is 0.181. The van der Waals surface area contributed by atoms with E-state index in [1.54, 1.807) is 25.3 Å². The number of rotatable bonds is 3. The summed E-state index contributed by atoms with van der Waals surface area (Å²) >= 11 is 3.18. The number of pyridine rings is 1. The maximum atomic E-state index is 11.5. The first-order valence-electron chi connectivity index (χ1n) is 4.43. The van der Waals surface area contributed by atoms with E-state index in [1.165, 1.54) is 0 Å². The molecule has 0 spiro atoms. The van der Waals surface area contributed by atoms with Gasteiger partial charge in [-0.2, -0.15) is 5.26 Å². The van der Waals surface area contributed by atoms with Crippen LogP contribution in [0, 0.1) is 17.2 Å². The number of aromatic nitrogens is 1. The Morgan fingerprint density at radius 2 is 2.53 bits per heavy atom. The number of hydrogen-bond acceptors (Lipinski definition) is 3.